The summed E-state index contributed by atoms with van der Waals surface area (Å²) in [5.41, 5.74) is 2.90. The van der Waals surface area contributed by atoms with Crippen molar-refractivity contribution in [2.75, 3.05) is 45.2 Å². The number of piperazine rings is 1. The van der Waals surface area contributed by atoms with Gasteiger partial charge in [-0.15, -0.1) is 12.4 Å². The molecule has 2 saturated heterocycles. The summed E-state index contributed by atoms with van der Waals surface area (Å²) in [6, 6.07) is 7.88. The van der Waals surface area contributed by atoms with Crippen LogP contribution in [0.1, 0.15) is 29.3 Å². The van der Waals surface area contributed by atoms with Crippen LogP contribution in [0, 0.1) is 11.6 Å². The van der Waals surface area contributed by atoms with E-state index in [9.17, 15) is 23.5 Å². The van der Waals surface area contributed by atoms with Gasteiger partial charge in [-0.3, -0.25) is 14.0 Å². The number of rotatable bonds is 7. The third kappa shape index (κ3) is 6.15. The minimum atomic E-state index is -1.08. The largest absolute Gasteiger partial charge is 0.494 e. The second-order valence-electron chi connectivity index (χ2n) is 10.9. The summed E-state index contributed by atoms with van der Waals surface area (Å²) in [6.07, 6.45) is 5.11. The molecular weight excluding hydrogens is 608 g/mol. The number of β-amino-alcohol motifs (C(OH)–C–C–N with tert-alkyl or cyclic N) is 1. The van der Waals surface area contributed by atoms with Crippen LogP contribution in [0.3, 0.4) is 0 Å². The highest BCUT2D eigenvalue weighted by molar-refractivity contribution is 5.96. The Morgan fingerprint density at radius 3 is 2.53 bits per heavy atom. The van der Waals surface area contributed by atoms with Crippen LogP contribution >= 0.6 is 12.4 Å². The number of aliphatic hydroxyl groups excluding tert-OH is 1. The average molecular weight is 642 g/mol. The number of carbonyl (C=O) groups excluding carboxylic acids is 2. The lowest BCUT2D eigenvalue weighted by Gasteiger charge is -2.36. The molecule has 0 bridgehead atoms. The van der Waals surface area contributed by atoms with Crippen LogP contribution < -0.4 is 15.4 Å². The van der Waals surface area contributed by atoms with Crippen molar-refractivity contribution in [3.05, 3.63) is 71.7 Å². The number of aromatic nitrogens is 3. The molecule has 0 aliphatic carbocycles. The number of hydrogen-bond donors (Lipinski definition) is 3. The van der Waals surface area contributed by atoms with Gasteiger partial charge in [0.05, 0.1) is 31.1 Å². The fourth-order valence-corrected chi connectivity index (χ4v) is 5.83. The molecule has 238 valence electrons. The Labute approximate surface area is 264 Å². The molecule has 4 heterocycles. The van der Waals surface area contributed by atoms with Gasteiger partial charge in [0.2, 0.25) is 11.7 Å². The lowest BCUT2D eigenvalue weighted by atomic mass is 10.0. The van der Waals surface area contributed by atoms with Crippen LogP contribution in [0.4, 0.5) is 20.3 Å². The van der Waals surface area contributed by atoms with Gasteiger partial charge in [-0.05, 0) is 48.7 Å². The van der Waals surface area contributed by atoms with E-state index in [0.29, 0.717) is 74.0 Å². The molecule has 2 amide bonds. The zero-order chi connectivity index (χ0) is 31.0. The van der Waals surface area contributed by atoms with Gasteiger partial charge in [-0.25, -0.2) is 14.4 Å². The Morgan fingerprint density at radius 2 is 1.84 bits per heavy atom. The van der Waals surface area contributed by atoms with Crippen LogP contribution in [0.25, 0.3) is 16.9 Å². The molecule has 11 nitrogen and oxygen atoms in total. The zero-order valence-electron chi connectivity index (χ0n) is 24.8. The Kier molecular flexibility index (Phi) is 9.51. The maximum Gasteiger partial charge on any atom is 0.254 e. The number of nitrogens with zero attached hydrogens (tertiary/aromatic N) is 5. The van der Waals surface area contributed by atoms with Gasteiger partial charge in [0.1, 0.15) is 0 Å². The summed E-state index contributed by atoms with van der Waals surface area (Å²) >= 11 is 0. The van der Waals surface area contributed by atoms with Gasteiger partial charge in [-0.2, -0.15) is 4.39 Å². The first-order chi connectivity index (χ1) is 21.3. The molecule has 6 rings (SSSR count). The molecule has 2 fully saturated rings. The molecule has 2 aromatic heterocycles. The molecule has 2 aliphatic rings. The molecule has 4 aromatic rings. The number of fused-ring (bicyclic) bond motifs is 1. The predicted molar refractivity (Wildman–Crippen MR) is 166 cm³/mol. The quantitative estimate of drug-likeness (QED) is 0.281. The Hall–Kier alpha value is -4.33. The first kappa shape index (κ1) is 32.1. The van der Waals surface area contributed by atoms with Crippen molar-refractivity contribution < 1.29 is 28.2 Å². The van der Waals surface area contributed by atoms with Crippen LogP contribution in [0.2, 0.25) is 0 Å². The number of hydrogen-bond acceptors (Lipinski definition) is 8. The summed E-state index contributed by atoms with van der Waals surface area (Å²) in [5.74, 6) is -2.03. The van der Waals surface area contributed by atoms with Crippen LogP contribution in [-0.2, 0) is 11.2 Å². The number of aryl methyl sites for hydroxylation is 1. The highest BCUT2D eigenvalue weighted by Gasteiger charge is 2.33. The van der Waals surface area contributed by atoms with E-state index in [-0.39, 0.29) is 41.6 Å². The van der Waals surface area contributed by atoms with Crippen LogP contribution in [0.15, 0.2) is 48.9 Å². The van der Waals surface area contributed by atoms with Crippen molar-refractivity contribution in [1.82, 2.24) is 29.5 Å². The summed E-state index contributed by atoms with van der Waals surface area (Å²) in [5, 5.41) is 16.0. The number of amides is 2. The van der Waals surface area contributed by atoms with Crippen molar-refractivity contribution in [2.24, 2.45) is 0 Å². The number of methoxy groups -OCH3 is 1. The van der Waals surface area contributed by atoms with E-state index in [1.165, 1.54) is 31.6 Å². The van der Waals surface area contributed by atoms with Crippen LogP contribution in [0.5, 0.6) is 5.75 Å². The normalized spacial score (nSPS) is 18.2. The molecule has 14 heteroatoms. The maximum atomic E-state index is 14.9. The smallest absolute Gasteiger partial charge is 0.254 e. The van der Waals surface area contributed by atoms with Crippen molar-refractivity contribution >= 4 is 41.4 Å². The van der Waals surface area contributed by atoms with Gasteiger partial charge in [0, 0.05) is 61.9 Å². The highest BCUT2D eigenvalue weighted by Crippen LogP contribution is 2.32. The minimum Gasteiger partial charge on any atom is -0.494 e. The first-order valence-corrected chi connectivity index (χ1v) is 14.5. The molecular formula is C31H34ClF2N7O4. The van der Waals surface area contributed by atoms with E-state index in [1.807, 2.05) is 13.0 Å². The molecule has 0 radical (unpaired) electrons. The van der Waals surface area contributed by atoms with Gasteiger partial charge >= 0.3 is 0 Å². The van der Waals surface area contributed by atoms with E-state index < -0.39 is 17.7 Å². The molecule has 0 spiro atoms. The lowest BCUT2D eigenvalue weighted by molar-refractivity contribution is -0.134. The van der Waals surface area contributed by atoms with E-state index in [1.54, 1.807) is 32.5 Å². The van der Waals surface area contributed by atoms with Crippen molar-refractivity contribution in [1.29, 1.82) is 0 Å². The number of benzene rings is 2. The van der Waals surface area contributed by atoms with Gasteiger partial charge in [-0.1, -0.05) is 6.92 Å². The summed E-state index contributed by atoms with van der Waals surface area (Å²) in [6.45, 7) is 4.12. The van der Waals surface area contributed by atoms with Gasteiger partial charge in [0.15, 0.2) is 23.0 Å². The molecule has 2 aliphatic heterocycles. The monoisotopic (exact) mass is 641 g/mol. The van der Waals surface area contributed by atoms with Crippen molar-refractivity contribution in [3.8, 4) is 17.0 Å². The number of halogens is 3. The SMILES string of the molecule is CCc1cc(Nc2nccn3c(-c4ccc(OC)c(F)c4F)cnc23)ccc1C(=O)N1CCN(C(=O)[C@@H]2C[C@@H](O)CN2)CC1.Cl. The average Bonchev–Trinajstić information content (AvgIpc) is 3.68. The summed E-state index contributed by atoms with van der Waals surface area (Å²) in [7, 11) is 1.27. The topological polar surface area (TPSA) is 124 Å². The van der Waals surface area contributed by atoms with E-state index in [2.05, 4.69) is 20.6 Å². The number of carbonyl (C=O) groups is 2. The predicted octanol–water partition coefficient (Wildman–Crippen LogP) is 3.42. The third-order valence-corrected chi connectivity index (χ3v) is 8.23. The maximum absolute atomic E-state index is 14.9. The van der Waals surface area contributed by atoms with E-state index in [0.717, 1.165) is 5.56 Å². The molecule has 45 heavy (non-hydrogen) atoms. The van der Waals surface area contributed by atoms with Crippen LogP contribution in [-0.4, -0.2) is 93.1 Å². The molecule has 3 N–H and O–H groups in total. The third-order valence-electron chi connectivity index (χ3n) is 8.23. The Balaban J connectivity index is 0.00000400. The fraction of sp³-hybridized carbons (Fsp3) is 0.355. The first-order valence-electron chi connectivity index (χ1n) is 14.5. The number of ether oxygens (including phenoxy) is 1. The minimum absolute atomic E-state index is 0. The molecule has 0 saturated carbocycles. The number of aliphatic hydroxyl groups is 1. The second kappa shape index (κ2) is 13.3. The standard InChI is InChI=1S/C31H33F2N7O4.ClH/c1-3-18-14-19(4-5-21(18)30(42)38-10-12-39(13-11-38)31(43)23-15-20(41)16-35-23)37-28-29-36-17-24(40(29)9-8-34-28)22-6-7-25(44-2)27(33)26(22)32;/h4-9,14,17,20,23,35,41H,3,10-13,15-16H2,1-2H3,(H,34,37);1H/t20-,23+;/m1./s1. The zero-order valence-corrected chi connectivity index (χ0v) is 25.6. The number of imidazole rings is 1. The molecule has 2 atom stereocenters. The second-order valence-corrected chi connectivity index (χ2v) is 10.9. The Bertz CT molecular complexity index is 1730. The van der Waals surface area contributed by atoms with Gasteiger partial charge < -0.3 is 30.3 Å². The highest BCUT2D eigenvalue weighted by atomic mass is 35.5. The Morgan fingerprint density at radius 1 is 1.09 bits per heavy atom. The molecule has 0 unspecified atom stereocenters. The van der Waals surface area contributed by atoms with E-state index >= 15 is 0 Å². The summed E-state index contributed by atoms with van der Waals surface area (Å²) < 4.78 is 35.8. The van der Waals surface area contributed by atoms with E-state index in [4.69, 9.17) is 4.74 Å². The number of nitrogens with one attached hydrogen (secondary N) is 2. The molecule has 2 aromatic carbocycles. The van der Waals surface area contributed by atoms with Gasteiger partial charge in [0.25, 0.3) is 5.91 Å². The fourth-order valence-electron chi connectivity index (χ4n) is 5.83. The summed E-state index contributed by atoms with van der Waals surface area (Å²) in [4.78, 5) is 38.6. The van der Waals surface area contributed by atoms with Crippen molar-refractivity contribution in [2.45, 2.75) is 31.9 Å². The number of anilines is 2. The van der Waals surface area contributed by atoms with Crippen molar-refractivity contribution in [3.63, 3.8) is 0 Å². The lowest BCUT2D eigenvalue weighted by Crippen LogP contribution is -2.54.